The summed E-state index contributed by atoms with van der Waals surface area (Å²) in [6.07, 6.45) is 3.72. The molecular formula is C33H36N4O3Si. The van der Waals surface area contributed by atoms with Crippen molar-refractivity contribution in [3.63, 3.8) is 0 Å². The molecule has 0 bridgehead atoms. The van der Waals surface area contributed by atoms with Crippen LogP contribution < -0.4 is 9.47 Å². The molecule has 5 aromatic rings. The standard InChI is InChI=1S/C33H36N4O3Si/c1-38-28-18-19-34-33(39-2)30(28)27-22-37(23-40-20-21-41(3,4)5)32-26(27)16-17-29(36-32)35-31(24-12-8-6-9-13-24)25-14-10-7-11-15-25/h6-19,22H,20-21,23H2,1-5H3. The highest BCUT2D eigenvalue weighted by Crippen LogP contribution is 2.41. The van der Waals surface area contributed by atoms with Gasteiger partial charge in [-0.05, 0) is 24.2 Å². The van der Waals surface area contributed by atoms with Gasteiger partial charge in [0, 0.05) is 49.2 Å². The fourth-order valence-corrected chi connectivity index (χ4v) is 5.41. The van der Waals surface area contributed by atoms with Crippen LogP contribution in [0.25, 0.3) is 22.2 Å². The predicted octanol–water partition coefficient (Wildman–Crippen LogP) is 7.60. The van der Waals surface area contributed by atoms with Crippen molar-refractivity contribution in [1.29, 1.82) is 0 Å². The molecule has 0 spiro atoms. The van der Waals surface area contributed by atoms with E-state index in [2.05, 4.69) is 55.0 Å². The van der Waals surface area contributed by atoms with Crippen LogP contribution in [0.2, 0.25) is 25.7 Å². The first kappa shape index (κ1) is 28.3. The Morgan fingerprint density at radius 1 is 0.854 bits per heavy atom. The molecule has 3 aromatic heterocycles. The van der Waals surface area contributed by atoms with E-state index in [0.29, 0.717) is 30.8 Å². The van der Waals surface area contributed by atoms with Crippen molar-refractivity contribution < 1.29 is 14.2 Å². The second-order valence-electron chi connectivity index (χ2n) is 11.0. The summed E-state index contributed by atoms with van der Waals surface area (Å²) >= 11 is 0. The quantitative estimate of drug-likeness (QED) is 0.0939. The van der Waals surface area contributed by atoms with E-state index in [1.165, 1.54) is 0 Å². The highest BCUT2D eigenvalue weighted by Gasteiger charge is 2.21. The van der Waals surface area contributed by atoms with Gasteiger partial charge in [-0.2, -0.15) is 0 Å². The number of ether oxygens (including phenoxy) is 3. The predicted molar refractivity (Wildman–Crippen MR) is 168 cm³/mol. The van der Waals surface area contributed by atoms with Gasteiger partial charge in [-0.25, -0.2) is 15.0 Å². The van der Waals surface area contributed by atoms with Crippen molar-refractivity contribution in [1.82, 2.24) is 14.5 Å². The van der Waals surface area contributed by atoms with Gasteiger partial charge < -0.3 is 18.8 Å². The number of fused-ring (bicyclic) bond motifs is 1. The summed E-state index contributed by atoms with van der Waals surface area (Å²) in [5.41, 5.74) is 5.36. The molecule has 0 N–H and O–H groups in total. The number of aromatic nitrogens is 3. The van der Waals surface area contributed by atoms with Crippen LogP contribution in [0.15, 0.2) is 96.2 Å². The lowest BCUT2D eigenvalue weighted by atomic mass is 10.0. The first-order valence-electron chi connectivity index (χ1n) is 13.7. The fraction of sp³-hybridized carbons (Fsp3) is 0.242. The monoisotopic (exact) mass is 564 g/mol. The topological polar surface area (TPSA) is 70.8 Å². The molecule has 210 valence electrons. The molecule has 0 aliphatic heterocycles. The number of methoxy groups -OCH3 is 2. The fourth-order valence-electron chi connectivity index (χ4n) is 4.66. The maximum Gasteiger partial charge on any atom is 0.224 e. The summed E-state index contributed by atoms with van der Waals surface area (Å²) in [6, 6.07) is 27.3. The Kier molecular flexibility index (Phi) is 8.61. The molecule has 0 aliphatic rings. The van der Waals surface area contributed by atoms with Crippen LogP contribution in [0.4, 0.5) is 5.82 Å². The number of nitrogens with zero attached hydrogens (tertiary/aromatic N) is 4. The van der Waals surface area contributed by atoms with Crippen LogP contribution in [0, 0.1) is 0 Å². The first-order chi connectivity index (χ1) is 19.9. The Balaban J connectivity index is 1.64. The van der Waals surface area contributed by atoms with Gasteiger partial charge >= 0.3 is 0 Å². The summed E-state index contributed by atoms with van der Waals surface area (Å²) < 4.78 is 19.6. The van der Waals surface area contributed by atoms with E-state index in [9.17, 15) is 0 Å². The van der Waals surface area contributed by atoms with Crippen molar-refractivity contribution in [2.75, 3.05) is 20.8 Å². The molecule has 0 aliphatic carbocycles. The molecule has 41 heavy (non-hydrogen) atoms. The number of benzene rings is 2. The van der Waals surface area contributed by atoms with E-state index in [1.807, 2.05) is 59.3 Å². The maximum atomic E-state index is 6.17. The van der Waals surface area contributed by atoms with Gasteiger partial charge in [0.05, 0.1) is 25.5 Å². The summed E-state index contributed by atoms with van der Waals surface area (Å²) in [5, 5.41) is 0.934. The Morgan fingerprint density at radius 2 is 1.54 bits per heavy atom. The third kappa shape index (κ3) is 6.56. The van der Waals surface area contributed by atoms with Gasteiger partial charge in [-0.15, -0.1) is 0 Å². The molecule has 3 heterocycles. The van der Waals surface area contributed by atoms with Crippen LogP contribution in [0.3, 0.4) is 0 Å². The average Bonchev–Trinajstić information content (AvgIpc) is 3.35. The minimum atomic E-state index is -1.22. The second-order valence-corrected chi connectivity index (χ2v) is 16.6. The summed E-state index contributed by atoms with van der Waals surface area (Å²) in [6.45, 7) is 8.13. The highest BCUT2D eigenvalue weighted by atomic mass is 28.3. The minimum absolute atomic E-state index is 0.371. The van der Waals surface area contributed by atoms with E-state index >= 15 is 0 Å². The Labute approximate surface area is 242 Å². The number of pyridine rings is 2. The molecule has 0 atom stereocenters. The molecule has 7 nitrogen and oxygen atoms in total. The lowest BCUT2D eigenvalue weighted by molar-refractivity contribution is 0.0899. The number of hydrogen-bond donors (Lipinski definition) is 0. The molecule has 0 unspecified atom stereocenters. The Bertz CT molecular complexity index is 1580. The molecule has 0 saturated heterocycles. The largest absolute Gasteiger partial charge is 0.496 e. The number of aliphatic imine (C=N–C) groups is 1. The van der Waals surface area contributed by atoms with E-state index < -0.39 is 8.07 Å². The van der Waals surface area contributed by atoms with Gasteiger partial charge in [0.2, 0.25) is 5.88 Å². The van der Waals surface area contributed by atoms with Crippen molar-refractivity contribution in [2.45, 2.75) is 32.4 Å². The summed E-state index contributed by atoms with van der Waals surface area (Å²) in [5.74, 6) is 1.77. The molecule has 8 heteroatoms. The van der Waals surface area contributed by atoms with Gasteiger partial charge in [0.25, 0.3) is 0 Å². The normalized spacial score (nSPS) is 11.4. The van der Waals surface area contributed by atoms with Crippen LogP contribution in [-0.4, -0.2) is 49.1 Å². The molecule has 2 aromatic carbocycles. The lowest BCUT2D eigenvalue weighted by Crippen LogP contribution is -2.22. The van der Waals surface area contributed by atoms with Crippen LogP contribution in [-0.2, 0) is 11.5 Å². The number of hydrogen-bond acceptors (Lipinski definition) is 6. The highest BCUT2D eigenvalue weighted by molar-refractivity contribution is 6.76. The molecule has 5 rings (SSSR count). The molecule has 0 radical (unpaired) electrons. The van der Waals surface area contributed by atoms with E-state index in [-0.39, 0.29) is 0 Å². The summed E-state index contributed by atoms with van der Waals surface area (Å²) in [7, 11) is 2.04. The Morgan fingerprint density at radius 3 is 2.15 bits per heavy atom. The van der Waals surface area contributed by atoms with E-state index in [1.54, 1.807) is 20.4 Å². The second kappa shape index (κ2) is 12.5. The van der Waals surface area contributed by atoms with Crippen molar-refractivity contribution in [2.24, 2.45) is 4.99 Å². The van der Waals surface area contributed by atoms with E-state index in [0.717, 1.165) is 45.0 Å². The molecular weight excluding hydrogens is 528 g/mol. The number of rotatable bonds is 11. The lowest BCUT2D eigenvalue weighted by Gasteiger charge is -2.15. The third-order valence-electron chi connectivity index (χ3n) is 6.82. The molecule has 0 amide bonds. The smallest absolute Gasteiger partial charge is 0.224 e. The van der Waals surface area contributed by atoms with Crippen molar-refractivity contribution >= 4 is 30.6 Å². The molecule has 0 fully saturated rings. The Hall–Kier alpha value is -4.27. The van der Waals surface area contributed by atoms with Crippen molar-refractivity contribution in [3.05, 3.63) is 102 Å². The van der Waals surface area contributed by atoms with Crippen LogP contribution >= 0.6 is 0 Å². The maximum absolute atomic E-state index is 6.17. The zero-order valence-electron chi connectivity index (χ0n) is 24.3. The van der Waals surface area contributed by atoms with Crippen molar-refractivity contribution in [3.8, 4) is 22.8 Å². The molecule has 0 saturated carbocycles. The average molecular weight is 565 g/mol. The minimum Gasteiger partial charge on any atom is -0.496 e. The first-order valence-corrected chi connectivity index (χ1v) is 17.4. The summed E-state index contributed by atoms with van der Waals surface area (Å²) in [4.78, 5) is 14.6. The van der Waals surface area contributed by atoms with Crippen LogP contribution in [0.1, 0.15) is 11.1 Å². The zero-order valence-corrected chi connectivity index (χ0v) is 25.3. The van der Waals surface area contributed by atoms with Crippen LogP contribution in [0.5, 0.6) is 11.6 Å². The van der Waals surface area contributed by atoms with Gasteiger partial charge in [-0.1, -0.05) is 80.3 Å². The zero-order chi connectivity index (χ0) is 28.8. The SMILES string of the molecule is COc1ccnc(OC)c1-c1cn(COCC[Si](C)(C)C)c2nc(N=C(c3ccccc3)c3ccccc3)ccc12. The van der Waals surface area contributed by atoms with Gasteiger partial charge in [-0.3, -0.25) is 0 Å². The third-order valence-corrected chi connectivity index (χ3v) is 8.52. The van der Waals surface area contributed by atoms with E-state index in [4.69, 9.17) is 24.2 Å². The van der Waals surface area contributed by atoms with Gasteiger partial charge in [0.1, 0.15) is 18.1 Å². The van der Waals surface area contributed by atoms with Gasteiger partial charge in [0.15, 0.2) is 5.82 Å².